The van der Waals surface area contributed by atoms with Crippen molar-refractivity contribution in [3.63, 3.8) is 0 Å². The summed E-state index contributed by atoms with van der Waals surface area (Å²) in [5, 5.41) is 5.64. The van der Waals surface area contributed by atoms with Crippen LogP contribution in [0.15, 0.2) is 53.0 Å². The molecule has 0 amide bonds. The number of ketones is 1. The van der Waals surface area contributed by atoms with E-state index < -0.39 is 0 Å². The molecule has 0 saturated heterocycles. The number of para-hydroxylation sites is 1. The fraction of sp³-hybridized carbons (Fsp3) is 0.176. The summed E-state index contributed by atoms with van der Waals surface area (Å²) >= 11 is 3.43. The summed E-state index contributed by atoms with van der Waals surface area (Å²) in [5.74, 6) is 0.0778. The third-order valence-electron chi connectivity index (χ3n) is 3.54. The molecule has 0 aliphatic rings. The van der Waals surface area contributed by atoms with Crippen molar-refractivity contribution >= 4 is 32.6 Å². The zero-order chi connectivity index (χ0) is 14.8. The average Bonchev–Trinajstić information content (AvgIpc) is 2.86. The van der Waals surface area contributed by atoms with E-state index in [1.165, 1.54) is 0 Å². The van der Waals surface area contributed by atoms with Crippen LogP contribution >= 0.6 is 15.9 Å². The van der Waals surface area contributed by atoms with Crippen LogP contribution in [-0.2, 0) is 13.0 Å². The number of carbonyl (C=O) groups excluding carboxylic acids is 1. The van der Waals surface area contributed by atoms with Crippen LogP contribution in [0.1, 0.15) is 23.0 Å². The van der Waals surface area contributed by atoms with Crippen LogP contribution in [0.25, 0.3) is 10.9 Å². The Balaban J connectivity index is 1.99. The van der Waals surface area contributed by atoms with Gasteiger partial charge >= 0.3 is 0 Å². The monoisotopic (exact) mass is 342 g/mol. The second-order valence-electron chi connectivity index (χ2n) is 4.86. The van der Waals surface area contributed by atoms with E-state index >= 15 is 0 Å². The Morgan fingerprint density at radius 3 is 2.62 bits per heavy atom. The first-order valence-electron chi connectivity index (χ1n) is 6.93. The van der Waals surface area contributed by atoms with E-state index in [2.05, 4.69) is 28.0 Å². The second kappa shape index (κ2) is 5.82. The van der Waals surface area contributed by atoms with Gasteiger partial charge in [-0.1, -0.05) is 52.3 Å². The zero-order valence-electron chi connectivity index (χ0n) is 11.7. The Bertz CT molecular complexity index is 807. The summed E-state index contributed by atoms with van der Waals surface area (Å²) in [6.45, 7) is 2.85. The predicted molar refractivity (Wildman–Crippen MR) is 87.6 cm³/mol. The van der Waals surface area contributed by atoms with Gasteiger partial charge in [0.15, 0.2) is 5.78 Å². The molecule has 106 valence electrons. The number of Topliss-reactive ketones (excluding diaryl/α,β-unsaturated/α-hetero) is 1. The van der Waals surface area contributed by atoms with E-state index in [9.17, 15) is 4.79 Å². The minimum absolute atomic E-state index is 0.0778. The average molecular weight is 343 g/mol. The van der Waals surface area contributed by atoms with Gasteiger partial charge in [-0.3, -0.25) is 9.48 Å². The van der Waals surface area contributed by atoms with Gasteiger partial charge in [0, 0.05) is 22.0 Å². The lowest BCUT2D eigenvalue weighted by Crippen LogP contribution is -2.06. The summed E-state index contributed by atoms with van der Waals surface area (Å²) < 4.78 is 2.77. The van der Waals surface area contributed by atoms with Gasteiger partial charge in [0.2, 0.25) is 0 Å². The SMILES string of the molecule is CCn1nc(CC(=O)c2ccccc2Br)c2ccccc21. The maximum absolute atomic E-state index is 12.5. The van der Waals surface area contributed by atoms with Crippen LogP contribution in [0, 0.1) is 0 Å². The van der Waals surface area contributed by atoms with Gasteiger partial charge in [-0.2, -0.15) is 5.10 Å². The summed E-state index contributed by atoms with van der Waals surface area (Å²) in [6, 6.07) is 15.5. The number of aryl methyl sites for hydroxylation is 1. The van der Waals surface area contributed by atoms with Crippen LogP contribution in [0.3, 0.4) is 0 Å². The lowest BCUT2D eigenvalue weighted by Gasteiger charge is -2.02. The fourth-order valence-electron chi connectivity index (χ4n) is 2.50. The van der Waals surface area contributed by atoms with Crippen molar-refractivity contribution in [2.24, 2.45) is 0 Å². The molecule has 3 aromatic rings. The number of nitrogens with zero attached hydrogens (tertiary/aromatic N) is 2. The lowest BCUT2D eigenvalue weighted by atomic mass is 10.0. The lowest BCUT2D eigenvalue weighted by molar-refractivity contribution is 0.0991. The molecular formula is C17H15BrN2O. The minimum Gasteiger partial charge on any atom is -0.294 e. The summed E-state index contributed by atoms with van der Waals surface area (Å²) in [7, 11) is 0. The zero-order valence-corrected chi connectivity index (χ0v) is 13.3. The topological polar surface area (TPSA) is 34.9 Å². The van der Waals surface area contributed by atoms with Crippen molar-refractivity contribution < 1.29 is 4.79 Å². The van der Waals surface area contributed by atoms with Gasteiger partial charge in [0.1, 0.15) is 0 Å². The van der Waals surface area contributed by atoms with E-state index in [0.29, 0.717) is 12.0 Å². The molecule has 1 aromatic heterocycles. The highest BCUT2D eigenvalue weighted by Gasteiger charge is 2.15. The number of hydrogen-bond acceptors (Lipinski definition) is 2. The summed E-state index contributed by atoms with van der Waals surface area (Å²) in [6.07, 6.45) is 0.316. The first kappa shape index (κ1) is 14.0. The Kier molecular flexibility index (Phi) is 3.88. The van der Waals surface area contributed by atoms with Crippen molar-refractivity contribution in [1.29, 1.82) is 0 Å². The molecule has 3 nitrogen and oxygen atoms in total. The number of benzene rings is 2. The van der Waals surface area contributed by atoms with E-state index in [1.807, 2.05) is 53.2 Å². The number of rotatable bonds is 4. The fourth-order valence-corrected chi connectivity index (χ4v) is 3.01. The van der Waals surface area contributed by atoms with Crippen molar-refractivity contribution in [2.75, 3.05) is 0 Å². The highest BCUT2D eigenvalue weighted by Crippen LogP contribution is 2.22. The molecule has 0 fully saturated rings. The van der Waals surface area contributed by atoms with E-state index in [0.717, 1.165) is 27.6 Å². The molecule has 0 bridgehead atoms. The van der Waals surface area contributed by atoms with Crippen molar-refractivity contribution in [3.8, 4) is 0 Å². The third-order valence-corrected chi connectivity index (χ3v) is 4.23. The summed E-state index contributed by atoms with van der Waals surface area (Å²) in [4.78, 5) is 12.5. The van der Waals surface area contributed by atoms with Crippen LogP contribution < -0.4 is 0 Å². The number of halogens is 1. The van der Waals surface area contributed by atoms with Gasteiger partial charge in [0.25, 0.3) is 0 Å². The Morgan fingerprint density at radius 1 is 1.14 bits per heavy atom. The largest absolute Gasteiger partial charge is 0.294 e. The minimum atomic E-state index is 0.0778. The number of hydrogen-bond donors (Lipinski definition) is 0. The maximum Gasteiger partial charge on any atom is 0.170 e. The Morgan fingerprint density at radius 2 is 1.86 bits per heavy atom. The molecule has 0 saturated carbocycles. The molecule has 0 aliphatic heterocycles. The standard InChI is InChI=1S/C17H15BrN2O/c1-2-20-16-10-6-4-8-13(16)15(19-20)11-17(21)12-7-3-5-9-14(12)18/h3-10H,2,11H2,1H3. The van der Waals surface area contributed by atoms with Crippen LogP contribution in [-0.4, -0.2) is 15.6 Å². The quantitative estimate of drug-likeness (QED) is 0.664. The third kappa shape index (κ3) is 2.63. The van der Waals surface area contributed by atoms with E-state index in [-0.39, 0.29) is 5.78 Å². The van der Waals surface area contributed by atoms with Crippen molar-refractivity contribution in [3.05, 3.63) is 64.3 Å². The molecule has 1 heterocycles. The molecular weight excluding hydrogens is 328 g/mol. The molecule has 0 radical (unpaired) electrons. The number of fused-ring (bicyclic) bond motifs is 1. The molecule has 2 aromatic carbocycles. The molecule has 0 N–H and O–H groups in total. The highest BCUT2D eigenvalue weighted by atomic mass is 79.9. The Hall–Kier alpha value is -1.94. The molecule has 3 rings (SSSR count). The van der Waals surface area contributed by atoms with E-state index in [4.69, 9.17) is 0 Å². The van der Waals surface area contributed by atoms with Crippen LogP contribution in [0.4, 0.5) is 0 Å². The molecule has 0 atom stereocenters. The van der Waals surface area contributed by atoms with Gasteiger partial charge in [0.05, 0.1) is 17.6 Å². The van der Waals surface area contributed by atoms with E-state index in [1.54, 1.807) is 0 Å². The second-order valence-corrected chi connectivity index (χ2v) is 5.71. The van der Waals surface area contributed by atoms with Crippen molar-refractivity contribution in [1.82, 2.24) is 9.78 Å². The number of carbonyl (C=O) groups is 1. The first-order valence-corrected chi connectivity index (χ1v) is 7.72. The molecule has 21 heavy (non-hydrogen) atoms. The first-order chi connectivity index (χ1) is 10.2. The normalized spacial score (nSPS) is 11.0. The molecule has 0 aliphatic carbocycles. The molecule has 0 spiro atoms. The Labute approximate surface area is 131 Å². The molecule has 0 unspecified atom stereocenters. The molecule has 4 heteroatoms. The highest BCUT2D eigenvalue weighted by molar-refractivity contribution is 9.10. The maximum atomic E-state index is 12.5. The van der Waals surface area contributed by atoms with Gasteiger partial charge in [-0.05, 0) is 19.1 Å². The van der Waals surface area contributed by atoms with Gasteiger partial charge in [-0.15, -0.1) is 0 Å². The van der Waals surface area contributed by atoms with Gasteiger partial charge in [-0.25, -0.2) is 0 Å². The van der Waals surface area contributed by atoms with Crippen LogP contribution in [0.2, 0.25) is 0 Å². The number of aromatic nitrogens is 2. The smallest absolute Gasteiger partial charge is 0.170 e. The van der Waals surface area contributed by atoms with Crippen LogP contribution in [0.5, 0.6) is 0 Å². The van der Waals surface area contributed by atoms with Crippen molar-refractivity contribution in [2.45, 2.75) is 19.9 Å². The van der Waals surface area contributed by atoms with Gasteiger partial charge < -0.3 is 0 Å². The summed E-state index contributed by atoms with van der Waals surface area (Å²) in [5.41, 5.74) is 2.62. The predicted octanol–water partition coefficient (Wildman–Crippen LogP) is 4.24.